The van der Waals surface area contributed by atoms with E-state index in [0.717, 1.165) is 4.88 Å². The Bertz CT molecular complexity index is 666. The fourth-order valence-electron chi connectivity index (χ4n) is 2.16. The number of aliphatic hydroxyl groups is 1. The number of hydrogen-bond acceptors (Lipinski definition) is 4. The molecule has 0 saturated carbocycles. The van der Waals surface area contributed by atoms with Crippen molar-refractivity contribution in [3.8, 4) is 0 Å². The molecule has 114 valence electrons. The molecule has 1 heterocycles. The zero-order chi connectivity index (χ0) is 15.3. The summed E-state index contributed by atoms with van der Waals surface area (Å²) in [5.41, 5.74) is 1.40. The Morgan fingerprint density at radius 3 is 2.67 bits per heavy atom. The predicted molar refractivity (Wildman–Crippen MR) is 85.6 cm³/mol. The SMILES string of the molecule is CC(Cc1cccs1)NS(=O)(=O)Cc1cccc(CO)c1. The number of aliphatic hydroxyl groups excluding tert-OH is 1. The smallest absolute Gasteiger partial charge is 0.216 e. The molecule has 1 aromatic carbocycles. The molecule has 0 aliphatic rings. The van der Waals surface area contributed by atoms with Crippen molar-refractivity contribution in [1.29, 1.82) is 0 Å². The zero-order valence-electron chi connectivity index (χ0n) is 11.8. The number of benzene rings is 1. The van der Waals surface area contributed by atoms with Crippen LogP contribution >= 0.6 is 11.3 Å². The number of thiophene rings is 1. The lowest BCUT2D eigenvalue weighted by Crippen LogP contribution is -2.34. The first-order valence-corrected chi connectivity index (χ1v) is 9.23. The van der Waals surface area contributed by atoms with Crippen LogP contribution in [0.5, 0.6) is 0 Å². The van der Waals surface area contributed by atoms with Gasteiger partial charge in [0.25, 0.3) is 0 Å². The van der Waals surface area contributed by atoms with Crippen molar-refractivity contribution in [2.24, 2.45) is 0 Å². The molecule has 0 spiro atoms. The lowest BCUT2D eigenvalue weighted by atomic mass is 10.1. The molecule has 6 heteroatoms. The van der Waals surface area contributed by atoms with Crippen molar-refractivity contribution in [1.82, 2.24) is 4.72 Å². The summed E-state index contributed by atoms with van der Waals surface area (Å²) < 4.78 is 27.0. The predicted octanol–water partition coefficient (Wildman–Crippen LogP) is 2.29. The second kappa shape index (κ2) is 7.17. The van der Waals surface area contributed by atoms with Crippen LogP contribution in [0.15, 0.2) is 41.8 Å². The van der Waals surface area contributed by atoms with Gasteiger partial charge in [0.2, 0.25) is 10.0 Å². The highest BCUT2D eigenvalue weighted by Crippen LogP contribution is 2.13. The van der Waals surface area contributed by atoms with E-state index >= 15 is 0 Å². The molecule has 2 N–H and O–H groups in total. The summed E-state index contributed by atoms with van der Waals surface area (Å²) in [5.74, 6) is -0.0738. The van der Waals surface area contributed by atoms with Crippen LogP contribution in [0.4, 0.5) is 0 Å². The molecule has 0 aliphatic heterocycles. The van der Waals surface area contributed by atoms with E-state index in [-0.39, 0.29) is 18.4 Å². The Kier molecular flexibility index (Phi) is 5.52. The standard InChI is InChI=1S/C15H19NO3S2/c1-12(8-15-6-3-7-20-15)16-21(18,19)11-14-5-2-4-13(9-14)10-17/h2-7,9,12,16-17H,8,10-11H2,1H3. The summed E-state index contributed by atoms with van der Waals surface area (Å²) in [4.78, 5) is 1.16. The number of nitrogens with one attached hydrogen (secondary N) is 1. The largest absolute Gasteiger partial charge is 0.392 e. The van der Waals surface area contributed by atoms with Gasteiger partial charge in [0.15, 0.2) is 0 Å². The van der Waals surface area contributed by atoms with Gasteiger partial charge >= 0.3 is 0 Å². The van der Waals surface area contributed by atoms with Crippen molar-refractivity contribution in [2.45, 2.75) is 31.7 Å². The minimum atomic E-state index is -3.39. The molecule has 0 radical (unpaired) electrons. The van der Waals surface area contributed by atoms with Gasteiger partial charge in [0, 0.05) is 10.9 Å². The highest BCUT2D eigenvalue weighted by atomic mass is 32.2. The van der Waals surface area contributed by atoms with Crippen molar-refractivity contribution in [3.05, 3.63) is 57.8 Å². The molecule has 1 atom stereocenters. The lowest BCUT2D eigenvalue weighted by Gasteiger charge is -2.13. The topological polar surface area (TPSA) is 66.4 Å². The summed E-state index contributed by atoms with van der Waals surface area (Å²) in [5, 5.41) is 11.1. The minimum Gasteiger partial charge on any atom is -0.392 e. The molecule has 21 heavy (non-hydrogen) atoms. The van der Waals surface area contributed by atoms with Crippen LogP contribution in [0.25, 0.3) is 0 Å². The highest BCUT2D eigenvalue weighted by molar-refractivity contribution is 7.88. The van der Waals surface area contributed by atoms with Crippen LogP contribution in [0, 0.1) is 0 Å². The molecule has 4 nitrogen and oxygen atoms in total. The molecule has 2 rings (SSSR count). The van der Waals surface area contributed by atoms with E-state index in [4.69, 9.17) is 5.11 Å². The van der Waals surface area contributed by atoms with Crippen molar-refractivity contribution < 1.29 is 13.5 Å². The van der Waals surface area contributed by atoms with Crippen molar-refractivity contribution >= 4 is 21.4 Å². The summed E-state index contributed by atoms with van der Waals surface area (Å²) in [7, 11) is -3.39. The summed E-state index contributed by atoms with van der Waals surface area (Å²) in [6, 6.07) is 10.8. The van der Waals surface area contributed by atoms with Crippen LogP contribution in [-0.2, 0) is 28.8 Å². The third-order valence-electron chi connectivity index (χ3n) is 3.00. The molecule has 0 fully saturated rings. The fraction of sp³-hybridized carbons (Fsp3) is 0.333. The average molecular weight is 325 g/mol. The average Bonchev–Trinajstić information content (AvgIpc) is 2.90. The van der Waals surface area contributed by atoms with Gasteiger partial charge in [-0.1, -0.05) is 30.3 Å². The summed E-state index contributed by atoms with van der Waals surface area (Å²) in [6.45, 7) is 1.78. The van der Waals surface area contributed by atoms with Gasteiger partial charge in [-0.2, -0.15) is 0 Å². The van der Waals surface area contributed by atoms with E-state index in [9.17, 15) is 8.42 Å². The maximum atomic E-state index is 12.2. The van der Waals surface area contributed by atoms with Crippen LogP contribution in [0.3, 0.4) is 0 Å². The summed E-state index contributed by atoms with van der Waals surface area (Å²) in [6.07, 6.45) is 0.688. The Morgan fingerprint density at radius 1 is 1.24 bits per heavy atom. The van der Waals surface area contributed by atoms with Crippen LogP contribution < -0.4 is 4.72 Å². The number of hydrogen-bond donors (Lipinski definition) is 2. The van der Waals surface area contributed by atoms with Gasteiger partial charge in [-0.05, 0) is 35.9 Å². The van der Waals surface area contributed by atoms with Crippen molar-refractivity contribution in [3.63, 3.8) is 0 Å². The maximum absolute atomic E-state index is 12.2. The third kappa shape index (κ3) is 5.24. The van der Waals surface area contributed by atoms with Crippen LogP contribution in [0.2, 0.25) is 0 Å². The third-order valence-corrected chi connectivity index (χ3v) is 5.37. The first-order chi connectivity index (χ1) is 9.98. The number of rotatable bonds is 7. The van der Waals surface area contributed by atoms with Gasteiger partial charge < -0.3 is 5.11 Å². The van der Waals surface area contributed by atoms with E-state index in [1.54, 1.807) is 35.6 Å². The van der Waals surface area contributed by atoms with Gasteiger partial charge in [-0.15, -0.1) is 11.3 Å². The Morgan fingerprint density at radius 2 is 2.00 bits per heavy atom. The second-order valence-corrected chi connectivity index (χ2v) is 7.83. The van der Waals surface area contributed by atoms with Gasteiger partial charge in [0.05, 0.1) is 12.4 Å². The Labute approximate surface area is 129 Å². The van der Waals surface area contributed by atoms with Gasteiger partial charge in [-0.25, -0.2) is 13.1 Å². The van der Waals surface area contributed by atoms with E-state index in [1.165, 1.54) is 0 Å². The molecule has 0 bridgehead atoms. The first kappa shape index (κ1) is 16.2. The fourth-order valence-corrected chi connectivity index (χ4v) is 4.39. The molecule has 0 saturated heterocycles. The summed E-state index contributed by atoms with van der Waals surface area (Å²) >= 11 is 1.62. The van der Waals surface area contributed by atoms with E-state index in [2.05, 4.69) is 4.72 Å². The molecule has 1 aromatic heterocycles. The highest BCUT2D eigenvalue weighted by Gasteiger charge is 2.16. The molecule has 1 unspecified atom stereocenters. The van der Waals surface area contributed by atoms with Crippen LogP contribution in [0.1, 0.15) is 22.9 Å². The molecular formula is C15H19NO3S2. The Balaban J connectivity index is 1.97. The molecular weight excluding hydrogens is 306 g/mol. The minimum absolute atomic E-state index is 0.0738. The Hall–Kier alpha value is -1.21. The maximum Gasteiger partial charge on any atom is 0.216 e. The zero-order valence-corrected chi connectivity index (χ0v) is 13.5. The van der Waals surface area contributed by atoms with Crippen molar-refractivity contribution in [2.75, 3.05) is 0 Å². The number of sulfonamides is 1. The molecule has 0 amide bonds. The lowest BCUT2D eigenvalue weighted by molar-refractivity contribution is 0.282. The second-order valence-electron chi connectivity index (χ2n) is 5.04. The molecule has 0 aliphatic carbocycles. The van der Waals surface area contributed by atoms with Gasteiger partial charge in [0.1, 0.15) is 0 Å². The quantitative estimate of drug-likeness (QED) is 0.821. The monoisotopic (exact) mass is 325 g/mol. The normalized spacial score (nSPS) is 13.2. The van der Waals surface area contributed by atoms with E-state index in [0.29, 0.717) is 17.5 Å². The van der Waals surface area contributed by atoms with E-state index in [1.807, 2.05) is 24.4 Å². The first-order valence-electron chi connectivity index (χ1n) is 6.69. The molecule has 2 aromatic rings. The van der Waals surface area contributed by atoms with Gasteiger partial charge in [-0.3, -0.25) is 0 Å². The van der Waals surface area contributed by atoms with Crippen LogP contribution in [-0.4, -0.2) is 19.6 Å². The van der Waals surface area contributed by atoms with E-state index < -0.39 is 10.0 Å².